The fourth-order valence-corrected chi connectivity index (χ4v) is 2.78. The van der Waals surface area contributed by atoms with E-state index in [0.717, 1.165) is 13.1 Å². The minimum atomic E-state index is -0.556. The molecule has 3 rings (SSSR count). The largest absolute Gasteiger partial charge is 0.453 e. The second-order valence-corrected chi connectivity index (χ2v) is 5.90. The minimum absolute atomic E-state index is 0.0851. The Balaban J connectivity index is 1.92. The third-order valence-electron chi connectivity index (χ3n) is 4.24. The van der Waals surface area contributed by atoms with Crippen molar-refractivity contribution in [2.45, 2.75) is 0 Å². The Morgan fingerprint density at radius 3 is 2.52 bits per heavy atom. The number of rotatable bonds is 4. The average molecular weight is 343 g/mol. The number of furan rings is 1. The standard InChI is InChI=1S/C17H17N3O5/c1-18-6-8-19(9-7-18)17(22)12-2-4-14(15(10-12)20(23)24)16-5-3-13(11-21)25-16/h2-5,10-11H,6-9H2,1H3. The van der Waals surface area contributed by atoms with E-state index in [1.807, 2.05) is 7.05 Å². The molecule has 1 aliphatic heterocycles. The molecule has 1 aliphatic rings. The molecule has 0 bridgehead atoms. The van der Waals surface area contributed by atoms with Crippen molar-refractivity contribution >= 4 is 17.9 Å². The summed E-state index contributed by atoms with van der Waals surface area (Å²) in [6.07, 6.45) is 0.528. The van der Waals surface area contributed by atoms with Crippen LogP contribution < -0.4 is 0 Å². The lowest BCUT2D eigenvalue weighted by Crippen LogP contribution is -2.47. The van der Waals surface area contributed by atoms with Gasteiger partial charge in [0.2, 0.25) is 0 Å². The molecule has 25 heavy (non-hydrogen) atoms. The summed E-state index contributed by atoms with van der Waals surface area (Å²) in [5.74, 6) is 0.0741. The number of nitro benzene ring substituents is 1. The van der Waals surface area contributed by atoms with E-state index in [2.05, 4.69) is 4.90 Å². The first-order valence-corrected chi connectivity index (χ1v) is 7.81. The van der Waals surface area contributed by atoms with Gasteiger partial charge in [-0.15, -0.1) is 0 Å². The van der Waals surface area contributed by atoms with Gasteiger partial charge in [-0.1, -0.05) is 0 Å². The van der Waals surface area contributed by atoms with Crippen LogP contribution in [0, 0.1) is 10.1 Å². The molecule has 0 radical (unpaired) electrons. The van der Waals surface area contributed by atoms with Crippen LogP contribution in [0.5, 0.6) is 0 Å². The number of hydrogen-bond donors (Lipinski definition) is 0. The van der Waals surface area contributed by atoms with E-state index < -0.39 is 4.92 Å². The number of aldehydes is 1. The number of hydrogen-bond acceptors (Lipinski definition) is 6. The van der Waals surface area contributed by atoms with Crippen molar-refractivity contribution in [1.29, 1.82) is 0 Å². The topological polar surface area (TPSA) is 96.9 Å². The van der Waals surface area contributed by atoms with Crippen molar-refractivity contribution in [3.8, 4) is 11.3 Å². The summed E-state index contributed by atoms with van der Waals surface area (Å²) in [6, 6.07) is 7.23. The van der Waals surface area contributed by atoms with Gasteiger partial charge >= 0.3 is 0 Å². The smallest absolute Gasteiger partial charge is 0.281 e. The van der Waals surface area contributed by atoms with Crippen LogP contribution in [0.15, 0.2) is 34.7 Å². The lowest BCUT2D eigenvalue weighted by molar-refractivity contribution is -0.384. The molecule has 1 amide bonds. The van der Waals surface area contributed by atoms with Gasteiger partial charge in [0.15, 0.2) is 12.0 Å². The monoisotopic (exact) mass is 343 g/mol. The summed E-state index contributed by atoms with van der Waals surface area (Å²) in [5.41, 5.74) is 0.266. The number of carbonyl (C=O) groups is 2. The van der Waals surface area contributed by atoms with Gasteiger partial charge in [-0.25, -0.2) is 0 Å². The summed E-state index contributed by atoms with van der Waals surface area (Å²) in [6.45, 7) is 2.72. The summed E-state index contributed by atoms with van der Waals surface area (Å²) >= 11 is 0. The highest BCUT2D eigenvalue weighted by Gasteiger charge is 2.25. The number of carbonyl (C=O) groups excluding carboxylic acids is 2. The predicted octanol–water partition coefficient (Wildman–Crippen LogP) is 2.05. The van der Waals surface area contributed by atoms with Crippen LogP contribution in [-0.2, 0) is 0 Å². The molecular weight excluding hydrogens is 326 g/mol. The Hall–Kier alpha value is -3.00. The van der Waals surface area contributed by atoms with Crippen molar-refractivity contribution in [3.63, 3.8) is 0 Å². The second-order valence-electron chi connectivity index (χ2n) is 5.90. The molecule has 1 aromatic heterocycles. The van der Waals surface area contributed by atoms with Crippen LogP contribution in [0.2, 0.25) is 0 Å². The Kier molecular flexibility index (Phi) is 4.62. The van der Waals surface area contributed by atoms with E-state index in [1.165, 1.54) is 24.3 Å². The van der Waals surface area contributed by atoms with Gasteiger partial charge in [0.05, 0.1) is 10.5 Å². The first-order chi connectivity index (χ1) is 12.0. The number of benzene rings is 1. The van der Waals surface area contributed by atoms with E-state index in [9.17, 15) is 19.7 Å². The zero-order valence-electron chi connectivity index (χ0n) is 13.7. The van der Waals surface area contributed by atoms with Gasteiger partial charge in [0.25, 0.3) is 11.6 Å². The van der Waals surface area contributed by atoms with E-state index in [-0.39, 0.29) is 34.2 Å². The van der Waals surface area contributed by atoms with E-state index >= 15 is 0 Å². The van der Waals surface area contributed by atoms with Gasteiger partial charge in [-0.05, 0) is 31.3 Å². The molecule has 2 aromatic rings. The number of nitrogens with zero attached hydrogens (tertiary/aromatic N) is 3. The molecule has 0 N–H and O–H groups in total. The van der Waals surface area contributed by atoms with Gasteiger partial charge in [-0.2, -0.15) is 0 Å². The van der Waals surface area contributed by atoms with Gasteiger partial charge in [-0.3, -0.25) is 19.7 Å². The quantitative estimate of drug-likeness (QED) is 0.479. The normalized spacial score (nSPS) is 15.2. The minimum Gasteiger partial charge on any atom is -0.453 e. The van der Waals surface area contributed by atoms with Gasteiger partial charge in [0, 0.05) is 37.8 Å². The van der Waals surface area contributed by atoms with Gasteiger partial charge < -0.3 is 14.2 Å². The van der Waals surface area contributed by atoms with E-state index in [4.69, 9.17) is 4.42 Å². The SMILES string of the molecule is CN1CCN(C(=O)c2ccc(-c3ccc(C=O)o3)c([N+](=O)[O-])c2)CC1. The maximum atomic E-state index is 12.6. The fourth-order valence-electron chi connectivity index (χ4n) is 2.78. The molecule has 0 unspecified atom stereocenters. The molecule has 0 spiro atoms. The zero-order valence-corrected chi connectivity index (χ0v) is 13.7. The van der Waals surface area contributed by atoms with Crippen LogP contribution in [0.3, 0.4) is 0 Å². The lowest BCUT2D eigenvalue weighted by Gasteiger charge is -2.32. The zero-order chi connectivity index (χ0) is 18.0. The molecule has 0 atom stereocenters. The lowest BCUT2D eigenvalue weighted by atomic mass is 10.1. The fraction of sp³-hybridized carbons (Fsp3) is 0.294. The third-order valence-corrected chi connectivity index (χ3v) is 4.24. The molecule has 130 valence electrons. The number of piperazine rings is 1. The van der Waals surface area contributed by atoms with Crippen molar-refractivity contribution in [2.75, 3.05) is 33.2 Å². The highest BCUT2D eigenvalue weighted by atomic mass is 16.6. The number of amides is 1. The maximum Gasteiger partial charge on any atom is 0.281 e. The molecule has 0 saturated carbocycles. The molecule has 1 fully saturated rings. The predicted molar refractivity (Wildman–Crippen MR) is 89.6 cm³/mol. The average Bonchev–Trinajstić information content (AvgIpc) is 3.10. The van der Waals surface area contributed by atoms with Crippen LogP contribution in [0.25, 0.3) is 11.3 Å². The molecule has 1 saturated heterocycles. The van der Waals surface area contributed by atoms with Crippen LogP contribution in [-0.4, -0.2) is 60.1 Å². The molecule has 8 heteroatoms. The Labute approximate surface area is 143 Å². The van der Waals surface area contributed by atoms with Crippen LogP contribution in [0.4, 0.5) is 5.69 Å². The van der Waals surface area contributed by atoms with Crippen molar-refractivity contribution < 1.29 is 18.9 Å². The van der Waals surface area contributed by atoms with Crippen LogP contribution in [0.1, 0.15) is 20.9 Å². The first-order valence-electron chi connectivity index (χ1n) is 7.81. The Morgan fingerprint density at radius 1 is 1.20 bits per heavy atom. The van der Waals surface area contributed by atoms with Crippen molar-refractivity contribution in [2.24, 2.45) is 0 Å². The Morgan fingerprint density at radius 2 is 1.92 bits per heavy atom. The summed E-state index contributed by atoms with van der Waals surface area (Å²) < 4.78 is 5.26. The van der Waals surface area contributed by atoms with E-state index in [0.29, 0.717) is 19.4 Å². The highest BCUT2D eigenvalue weighted by Crippen LogP contribution is 2.32. The molecule has 1 aromatic carbocycles. The third kappa shape index (κ3) is 3.43. The van der Waals surface area contributed by atoms with E-state index in [1.54, 1.807) is 11.0 Å². The summed E-state index contributed by atoms with van der Waals surface area (Å²) in [4.78, 5) is 38.0. The molecule has 0 aliphatic carbocycles. The summed E-state index contributed by atoms with van der Waals surface area (Å²) in [5, 5.41) is 11.4. The Bertz CT molecular complexity index is 821. The number of nitro groups is 1. The number of likely N-dealkylation sites (N-methyl/N-ethyl adjacent to an activating group) is 1. The molecular formula is C17H17N3O5. The van der Waals surface area contributed by atoms with Crippen molar-refractivity contribution in [3.05, 3.63) is 51.8 Å². The maximum absolute atomic E-state index is 12.6. The first kappa shape index (κ1) is 16.8. The summed E-state index contributed by atoms with van der Waals surface area (Å²) in [7, 11) is 1.98. The molecule has 2 heterocycles. The van der Waals surface area contributed by atoms with Gasteiger partial charge in [0.1, 0.15) is 5.76 Å². The highest BCUT2D eigenvalue weighted by molar-refractivity contribution is 5.96. The van der Waals surface area contributed by atoms with Crippen molar-refractivity contribution in [1.82, 2.24) is 9.80 Å². The molecule has 8 nitrogen and oxygen atoms in total. The second kappa shape index (κ2) is 6.86. The van der Waals surface area contributed by atoms with Crippen LogP contribution >= 0.6 is 0 Å².